The van der Waals surface area contributed by atoms with Crippen LogP contribution in [0.4, 0.5) is 0 Å². The van der Waals surface area contributed by atoms with Crippen LogP contribution in [0.1, 0.15) is 5.69 Å². The van der Waals surface area contributed by atoms with Crippen LogP contribution in [-0.4, -0.2) is 4.57 Å². The Hall–Kier alpha value is -2.09. The number of hydrogen-bond acceptors (Lipinski definition) is 0. The maximum Gasteiger partial charge on any atom is 0.210 e. The van der Waals surface area contributed by atoms with Gasteiger partial charge in [-0.25, -0.2) is 0 Å². The molecule has 2 aromatic heterocycles. The van der Waals surface area contributed by atoms with Gasteiger partial charge in [-0.3, -0.25) is 0 Å². The second kappa shape index (κ2) is 3.74. The van der Waals surface area contributed by atoms with Crippen LogP contribution >= 0.6 is 0 Å². The zero-order valence-corrected chi connectivity index (χ0v) is 10.1. The molecule has 0 bridgehead atoms. The van der Waals surface area contributed by atoms with E-state index in [0.717, 1.165) is 0 Å². The second-order valence-corrected chi connectivity index (χ2v) is 4.37. The van der Waals surface area contributed by atoms with Crippen molar-refractivity contribution in [3.63, 3.8) is 0 Å². The Morgan fingerprint density at radius 2 is 1.82 bits per heavy atom. The van der Waals surface area contributed by atoms with Crippen molar-refractivity contribution in [3.8, 4) is 5.69 Å². The van der Waals surface area contributed by atoms with Gasteiger partial charge in [0, 0.05) is 36.3 Å². The summed E-state index contributed by atoms with van der Waals surface area (Å²) in [6, 6.07) is 14.8. The van der Waals surface area contributed by atoms with Crippen LogP contribution in [-0.2, 0) is 7.05 Å². The van der Waals surface area contributed by atoms with E-state index in [-0.39, 0.29) is 0 Å². The first-order chi connectivity index (χ1) is 8.25. The molecule has 0 fully saturated rings. The highest BCUT2D eigenvalue weighted by molar-refractivity contribution is 5.79. The molecular weight excluding hydrogens is 208 g/mol. The molecule has 0 aliphatic heterocycles. The molecule has 2 heterocycles. The van der Waals surface area contributed by atoms with Gasteiger partial charge in [-0.1, -0.05) is 18.2 Å². The average Bonchev–Trinajstić information content (AvgIpc) is 2.66. The highest BCUT2D eigenvalue weighted by Gasteiger charge is 2.09. The summed E-state index contributed by atoms with van der Waals surface area (Å²) in [6.45, 7) is 2.13. The third-order valence-corrected chi connectivity index (χ3v) is 3.28. The first kappa shape index (κ1) is 10.1. The minimum absolute atomic E-state index is 1.19. The normalized spacial score (nSPS) is 10.9. The van der Waals surface area contributed by atoms with E-state index >= 15 is 0 Å². The van der Waals surface area contributed by atoms with E-state index in [9.17, 15) is 0 Å². The fourth-order valence-electron chi connectivity index (χ4n) is 2.17. The Morgan fingerprint density at radius 3 is 2.59 bits per heavy atom. The number of pyridine rings is 1. The summed E-state index contributed by atoms with van der Waals surface area (Å²) in [7, 11) is 2.10. The van der Waals surface area contributed by atoms with Gasteiger partial charge in [-0.05, 0) is 13.0 Å². The highest BCUT2D eigenvalue weighted by Crippen LogP contribution is 2.16. The van der Waals surface area contributed by atoms with E-state index in [1.165, 1.54) is 22.3 Å². The van der Waals surface area contributed by atoms with E-state index in [4.69, 9.17) is 0 Å². The van der Waals surface area contributed by atoms with Crippen molar-refractivity contribution >= 4 is 10.9 Å². The molecule has 84 valence electrons. The lowest BCUT2D eigenvalue weighted by Crippen LogP contribution is -2.29. The zero-order valence-electron chi connectivity index (χ0n) is 10.1. The molecule has 0 atom stereocenters. The summed E-state index contributed by atoms with van der Waals surface area (Å²) in [6.07, 6.45) is 4.29. The fraction of sp³-hybridized carbons (Fsp3) is 0.133. The lowest BCUT2D eigenvalue weighted by molar-refractivity contribution is -0.594. The number of aromatic nitrogens is 2. The molecule has 0 radical (unpaired) electrons. The van der Waals surface area contributed by atoms with E-state index in [0.29, 0.717) is 0 Å². The van der Waals surface area contributed by atoms with Crippen molar-refractivity contribution in [1.82, 2.24) is 4.57 Å². The van der Waals surface area contributed by atoms with Gasteiger partial charge in [0.2, 0.25) is 5.69 Å². The van der Waals surface area contributed by atoms with Gasteiger partial charge >= 0.3 is 0 Å². The Balaban J connectivity index is 2.23. The summed E-state index contributed by atoms with van der Waals surface area (Å²) >= 11 is 0. The third-order valence-electron chi connectivity index (χ3n) is 3.28. The number of benzene rings is 1. The first-order valence-corrected chi connectivity index (χ1v) is 5.78. The molecule has 0 N–H and O–H groups in total. The maximum absolute atomic E-state index is 2.22. The first-order valence-electron chi connectivity index (χ1n) is 5.78. The maximum atomic E-state index is 2.22. The molecule has 0 saturated carbocycles. The quantitative estimate of drug-likeness (QED) is 0.561. The molecule has 0 aliphatic rings. The van der Waals surface area contributed by atoms with E-state index in [1.54, 1.807) is 0 Å². The minimum Gasteiger partial charge on any atom is -0.343 e. The number of fused-ring (bicyclic) bond motifs is 1. The van der Waals surface area contributed by atoms with Crippen LogP contribution < -0.4 is 4.57 Å². The molecule has 0 saturated heterocycles. The van der Waals surface area contributed by atoms with Crippen molar-refractivity contribution in [3.05, 3.63) is 60.6 Å². The van der Waals surface area contributed by atoms with Crippen LogP contribution in [0.5, 0.6) is 0 Å². The summed E-state index contributed by atoms with van der Waals surface area (Å²) in [5, 5.41) is 1.29. The summed E-state index contributed by atoms with van der Waals surface area (Å²) in [5.74, 6) is 0. The van der Waals surface area contributed by atoms with Gasteiger partial charge in [-0.15, -0.1) is 0 Å². The van der Waals surface area contributed by atoms with Crippen molar-refractivity contribution in [1.29, 1.82) is 0 Å². The Bertz CT molecular complexity index is 666. The van der Waals surface area contributed by atoms with Crippen LogP contribution in [0.15, 0.2) is 54.9 Å². The van der Waals surface area contributed by atoms with Gasteiger partial charge in [-0.2, -0.15) is 4.57 Å². The number of hydrogen-bond donors (Lipinski definition) is 0. The van der Waals surface area contributed by atoms with Crippen LogP contribution in [0.2, 0.25) is 0 Å². The molecule has 3 aromatic rings. The monoisotopic (exact) mass is 223 g/mol. The Kier molecular flexibility index (Phi) is 2.22. The molecule has 1 aromatic carbocycles. The zero-order chi connectivity index (χ0) is 11.8. The SMILES string of the molecule is Cc1cc2cc[n+](-c3ccccc3)cc2n1C. The van der Waals surface area contributed by atoms with E-state index in [2.05, 4.69) is 71.9 Å². The van der Waals surface area contributed by atoms with Crippen molar-refractivity contribution in [2.75, 3.05) is 0 Å². The summed E-state index contributed by atoms with van der Waals surface area (Å²) in [5.41, 5.74) is 3.73. The molecule has 0 unspecified atom stereocenters. The molecule has 2 nitrogen and oxygen atoms in total. The molecule has 0 amide bonds. The average molecular weight is 223 g/mol. The van der Waals surface area contributed by atoms with Gasteiger partial charge in [0.25, 0.3) is 0 Å². The van der Waals surface area contributed by atoms with Gasteiger partial charge in [0.05, 0.1) is 0 Å². The topological polar surface area (TPSA) is 8.81 Å². The number of para-hydroxylation sites is 1. The number of rotatable bonds is 1. The Labute approximate surface area is 101 Å². The van der Waals surface area contributed by atoms with E-state index in [1.807, 2.05) is 6.07 Å². The summed E-state index contributed by atoms with van der Waals surface area (Å²) in [4.78, 5) is 0. The minimum atomic E-state index is 1.19. The molecule has 0 aliphatic carbocycles. The van der Waals surface area contributed by atoms with E-state index < -0.39 is 0 Å². The molecular formula is C15H15N2+. The second-order valence-electron chi connectivity index (χ2n) is 4.37. The fourth-order valence-corrected chi connectivity index (χ4v) is 2.17. The Morgan fingerprint density at radius 1 is 1.06 bits per heavy atom. The molecule has 0 spiro atoms. The van der Waals surface area contributed by atoms with Gasteiger partial charge in [0.15, 0.2) is 12.4 Å². The number of nitrogens with zero attached hydrogens (tertiary/aromatic N) is 2. The van der Waals surface area contributed by atoms with Gasteiger partial charge in [0.1, 0.15) is 5.52 Å². The van der Waals surface area contributed by atoms with Crippen LogP contribution in [0, 0.1) is 6.92 Å². The predicted molar refractivity (Wildman–Crippen MR) is 69.2 cm³/mol. The van der Waals surface area contributed by atoms with Crippen LogP contribution in [0.3, 0.4) is 0 Å². The van der Waals surface area contributed by atoms with Gasteiger partial charge < -0.3 is 4.57 Å². The van der Waals surface area contributed by atoms with Crippen molar-refractivity contribution in [2.45, 2.75) is 6.92 Å². The standard InChI is InChI=1S/C15H15N2/c1-12-10-13-8-9-17(11-15(13)16(12)2)14-6-4-3-5-7-14/h3-11H,1-2H3/q+1. The molecule has 17 heavy (non-hydrogen) atoms. The lowest BCUT2D eigenvalue weighted by atomic mass is 10.3. The van der Waals surface area contributed by atoms with Crippen LogP contribution in [0.25, 0.3) is 16.6 Å². The predicted octanol–water partition coefficient (Wildman–Crippen LogP) is 2.76. The third kappa shape index (κ3) is 1.62. The smallest absolute Gasteiger partial charge is 0.210 e. The molecule has 3 rings (SSSR count). The van der Waals surface area contributed by atoms with Crippen molar-refractivity contribution in [2.24, 2.45) is 7.05 Å². The van der Waals surface area contributed by atoms with Crippen molar-refractivity contribution < 1.29 is 4.57 Å². The summed E-state index contributed by atoms with van der Waals surface area (Å²) < 4.78 is 4.37. The number of aryl methyl sites for hydroxylation is 2. The largest absolute Gasteiger partial charge is 0.343 e. The lowest BCUT2D eigenvalue weighted by Gasteiger charge is -1.98. The molecule has 2 heteroatoms. The highest BCUT2D eigenvalue weighted by atomic mass is 15.0.